The lowest BCUT2D eigenvalue weighted by Gasteiger charge is -2.24. The average molecular weight is 751 g/mol. The summed E-state index contributed by atoms with van der Waals surface area (Å²) in [6.07, 6.45) is 37.1. The Kier molecular flexibility index (Phi) is 39.6. The maximum Gasteiger partial charge on any atom is 0.308 e. The molecule has 0 aromatic heterocycles. The van der Waals surface area contributed by atoms with Crippen LogP contribution in [0.15, 0.2) is 0 Å². The van der Waals surface area contributed by atoms with Gasteiger partial charge in [-0.3, -0.25) is 9.59 Å². The average Bonchev–Trinajstić information content (AvgIpc) is 3.15. The molecule has 0 N–H and O–H groups in total. The topological polar surface area (TPSA) is 59.1 Å². The number of esters is 2. The van der Waals surface area contributed by atoms with Crippen LogP contribution in [0.5, 0.6) is 0 Å². The molecular weight excluding hydrogens is 657 g/mol. The van der Waals surface area contributed by atoms with Gasteiger partial charge in [-0.05, 0) is 78.6 Å². The van der Waals surface area contributed by atoms with Gasteiger partial charge in [-0.1, -0.05) is 175 Å². The molecule has 0 heterocycles. The number of hydrogen-bond acceptors (Lipinski definition) is 6. The molecule has 0 saturated carbocycles. The first-order valence-corrected chi connectivity index (χ1v) is 23.6. The van der Waals surface area contributed by atoms with E-state index in [9.17, 15) is 9.59 Å². The van der Waals surface area contributed by atoms with Gasteiger partial charge in [0.15, 0.2) is 0 Å². The second-order valence-corrected chi connectivity index (χ2v) is 16.7. The second kappa shape index (κ2) is 40.5. The van der Waals surface area contributed by atoms with Gasteiger partial charge in [0.2, 0.25) is 0 Å². The first kappa shape index (κ1) is 51.9. The van der Waals surface area contributed by atoms with Crippen molar-refractivity contribution in [3.05, 3.63) is 0 Å². The van der Waals surface area contributed by atoms with Crippen molar-refractivity contribution in [2.45, 2.75) is 227 Å². The van der Waals surface area contributed by atoms with Crippen LogP contribution in [0.4, 0.5) is 0 Å². The third-order valence-electron chi connectivity index (χ3n) is 11.1. The lowest BCUT2D eigenvalue weighted by Crippen LogP contribution is -2.33. The number of nitrogens with zero attached hydrogens (tertiary/aromatic N) is 2. The molecule has 53 heavy (non-hydrogen) atoms. The van der Waals surface area contributed by atoms with Crippen LogP contribution in [0.2, 0.25) is 0 Å². The van der Waals surface area contributed by atoms with E-state index in [1.54, 1.807) is 0 Å². The molecule has 0 fully saturated rings. The Morgan fingerprint density at radius 2 is 0.698 bits per heavy atom. The molecule has 0 spiro atoms. The van der Waals surface area contributed by atoms with Crippen molar-refractivity contribution in [2.24, 2.45) is 11.8 Å². The van der Waals surface area contributed by atoms with Crippen LogP contribution in [0.25, 0.3) is 0 Å². The molecular formula is C47H94N2O4. The van der Waals surface area contributed by atoms with E-state index in [0.717, 1.165) is 77.2 Å². The monoisotopic (exact) mass is 751 g/mol. The second-order valence-electron chi connectivity index (χ2n) is 16.7. The van der Waals surface area contributed by atoms with Crippen molar-refractivity contribution >= 4 is 11.9 Å². The molecule has 2 unspecified atom stereocenters. The molecule has 2 atom stereocenters. The summed E-state index contributed by atoms with van der Waals surface area (Å²) in [5.41, 5.74) is 0. The van der Waals surface area contributed by atoms with E-state index in [2.05, 4.69) is 51.6 Å². The highest BCUT2D eigenvalue weighted by Gasteiger charge is 2.20. The highest BCUT2D eigenvalue weighted by molar-refractivity contribution is 5.72. The molecule has 0 aliphatic heterocycles. The molecule has 316 valence electrons. The molecule has 0 saturated heterocycles. The van der Waals surface area contributed by atoms with Gasteiger partial charge in [0.05, 0.1) is 25.0 Å². The van der Waals surface area contributed by atoms with Crippen molar-refractivity contribution in [2.75, 3.05) is 53.5 Å². The van der Waals surface area contributed by atoms with Gasteiger partial charge in [0, 0.05) is 13.1 Å². The highest BCUT2D eigenvalue weighted by Crippen LogP contribution is 2.21. The lowest BCUT2D eigenvalue weighted by atomic mass is 9.95. The van der Waals surface area contributed by atoms with E-state index in [1.165, 1.54) is 148 Å². The maximum atomic E-state index is 12.7. The van der Waals surface area contributed by atoms with Crippen LogP contribution in [-0.2, 0) is 19.1 Å². The standard InChI is InChI=1S/C47H94N2O4/c1-7-11-15-23-29-37-45(35-14-10-4)47(51)53-43-33-27-22-18-20-25-31-39-49(41-40-48(5)6)38-30-24-19-17-21-26-32-42-52-46(50)44(34-13-9-3)36-28-16-12-8-2/h44-45H,7-43H2,1-6H3. The molecule has 6 heteroatoms. The molecule has 0 aliphatic rings. The quantitative estimate of drug-likeness (QED) is 0.0457. The first-order chi connectivity index (χ1) is 25.9. The zero-order chi connectivity index (χ0) is 39.0. The number of carbonyl (C=O) groups is 2. The number of likely N-dealkylation sites (N-methyl/N-ethyl adjacent to an activating group) is 1. The molecule has 0 bridgehead atoms. The Bertz CT molecular complexity index is 776. The van der Waals surface area contributed by atoms with Crippen LogP contribution >= 0.6 is 0 Å². The fourth-order valence-electron chi connectivity index (χ4n) is 7.37. The summed E-state index contributed by atoms with van der Waals surface area (Å²) in [6, 6.07) is 0. The van der Waals surface area contributed by atoms with Crippen molar-refractivity contribution in [1.82, 2.24) is 9.80 Å². The summed E-state index contributed by atoms with van der Waals surface area (Å²) in [4.78, 5) is 30.4. The van der Waals surface area contributed by atoms with Gasteiger partial charge in [0.25, 0.3) is 0 Å². The molecule has 6 nitrogen and oxygen atoms in total. The summed E-state index contributed by atoms with van der Waals surface area (Å²) in [5, 5.41) is 0. The number of hydrogen-bond donors (Lipinski definition) is 0. The molecule has 0 amide bonds. The SMILES string of the molecule is CCCCCCCC(CCCC)C(=O)OCCCCCCCCCN(CCCCCCCCCOC(=O)C(CCCC)CCCCCC)CCN(C)C. The third kappa shape index (κ3) is 35.0. The number of rotatable bonds is 42. The van der Waals surface area contributed by atoms with Gasteiger partial charge >= 0.3 is 11.9 Å². The van der Waals surface area contributed by atoms with Crippen LogP contribution in [0.3, 0.4) is 0 Å². The van der Waals surface area contributed by atoms with E-state index in [-0.39, 0.29) is 23.8 Å². The third-order valence-corrected chi connectivity index (χ3v) is 11.1. The largest absolute Gasteiger partial charge is 0.465 e. The zero-order valence-corrected chi connectivity index (χ0v) is 36.8. The van der Waals surface area contributed by atoms with E-state index in [1.807, 2.05) is 0 Å². The van der Waals surface area contributed by atoms with E-state index in [0.29, 0.717) is 13.2 Å². The highest BCUT2D eigenvalue weighted by atomic mass is 16.5. The number of carbonyl (C=O) groups excluding carboxylic acids is 2. The van der Waals surface area contributed by atoms with Gasteiger partial charge < -0.3 is 19.3 Å². The Hall–Kier alpha value is -1.14. The summed E-state index contributed by atoms with van der Waals surface area (Å²) >= 11 is 0. The van der Waals surface area contributed by atoms with Crippen LogP contribution in [-0.4, -0.2) is 75.2 Å². The zero-order valence-electron chi connectivity index (χ0n) is 36.8. The van der Waals surface area contributed by atoms with Crippen molar-refractivity contribution < 1.29 is 19.1 Å². The van der Waals surface area contributed by atoms with Crippen molar-refractivity contribution in [3.8, 4) is 0 Å². The summed E-state index contributed by atoms with van der Waals surface area (Å²) in [5.74, 6) is 0.368. The summed E-state index contributed by atoms with van der Waals surface area (Å²) < 4.78 is 11.5. The van der Waals surface area contributed by atoms with Gasteiger partial charge in [-0.15, -0.1) is 0 Å². The first-order valence-electron chi connectivity index (χ1n) is 23.6. The van der Waals surface area contributed by atoms with Gasteiger partial charge in [0.1, 0.15) is 0 Å². The smallest absolute Gasteiger partial charge is 0.308 e. The Balaban J connectivity index is 4.01. The molecule has 0 aromatic carbocycles. The predicted molar refractivity (Wildman–Crippen MR) is 230 cm³/mol. The predicted octanol–water partition coefficient (Wildman–Crippen LogP) is 13.3. The van der Waals surface area contributed by atoms with Crippen molar-refractivity contribution in [3.63, 3.8) is 0 Å². The van der Waals surface area contributed by atoms with Crippen LogP contribution in [0, 0.1) is 11.8 Å². The van der Waals surface area contributed by atoms with E-state index in [4.69, 9.17) is 9.47 Å². The molecule has 0 rings (SSSR count). The normalized spacial score (nSPS) is 12.8. The Labute approximate surface area is 332 Å². The molecule has 0 aliphatic carbocycles. The van der Waals surface area contributed by atoms with Crippen LogP contribution in [0.1, 0.15) is 227 Å². The summed E-state index contributed by atoms with van der Waals surface area (Å²) in [7, 11) is 4.36. The van der Waals surface area contributed by atoms with Gasteiger partial charge in [-0.2, -0.15) is 0 Å². The minimum Gasteiger partial charge on any atom is -0.465 e. The fraction of sp³-hybridized carbons (Fsp3) is 0.957. The lowest BCUT2D eigenvalue weighted by molar-refractivity contribution is -0.150. The Morgan fingerprint density at radius 3 is 1.09 bits per heavy atom. The number of unbranched alkanes of at least 4 members (excludes halogenated alkanes) is 21. The maximum absolute atomic E-state index is 12.7. The van der Waals surface area contributed by atoms with Crippen molar-refractivity contribution in [1.29, 1.82) is 0 Å². The Morgan fingerprint density at radius 1 is 0.377 bits per heavy atom. The van der Waals surface area contributed by atoms with E-state index < -0.39 is 0 Å². The summed E-state index contributed by atoms with van der Waals surface area (Å²) in [6.45, 7) is 14.8. The van der Waals surface area contributed by atoms with E-state index >= 15 is 0 Å². The molecule has 0 aromatic rings. The number of ether oxygens (including phenoxy) is 2. The minimum atomic E-state index is 0.0643. The van der Waals surface area contributed by atoms with Gasteiger partial charge in [-0.25, -0.2) is 0 Å². The fourth-order valence-corrected chi connectivity index (χ4v) is 7.37. The minimum absolute atomic E-state index is 0.0643. The molecule has 0 radical (unpaired) electrons. The van der Waals surface area contributed by atoms with Crippen LogP contribution < -0.4 is 0 Å².